The molecule has 1 saturated carbocycles. The fraction of sp³-hybridized carbons (Fsp3) is 0.588. The van der Waals surface area contributed by atoms with Gasteiger partial charge in [0, 0.05) is 13.0 Å². The molecule has 2 heterocycles. The van der Waals surface area contributed by atoms with Gasteiger partial charge >= 0.3 is 5.69 Å². The van der Waals surface area contributed by atoms with Gasteiger partial charge in [-0.25, -0.2) is 9.78 Å². The number of nitrogen functional groups attached to an aromatic ring is 1. The van der Waals surface area contributed by atoms with E-state index in [-0.39, 0.29) is 17.1 Å². The lowest BCUT2D eigenvalue weighted by Crippen LogP contribution is -2.36. The molecular weight excluding hydrogens is 368 g/mol. The van der Waals surface area contributed by atoms with E-state index in [2.05, 4.69) is 20.2 Å². The third kappa shape index (κ3) is 4.49. The van der Waals surface area contributed by atoms with Gasteiger partial charge in [0.25, 0.3) is 5.56 Å². The first-order chi connectivity index (χ1) is 13.0. The molecule has 1 aliphatic carbocycles. The monoisotopic (exact) mass is 392 g/mol. The number of rotatable bonds is 8. The Morgan fingerprint density at radius 1 is 1.33 bits per heavy atom. The van der Waals surface area contributed by atoms with Crippen molar-refractivity contribution in [3.63, 3.8) is 0 Å². The molecule has 0 spiro atoms. The Kier molecular flexibility index (Phi) is 6.15. The molecule has 1 aliphatic rings. The summed E-state index contributed by atoms with van der Waals surface area (Å²) in [5.41, 5.74) is 4.37. The van der Waals surface area contributed by atoms with Crippen LogP contribution in [0.1, 0.15) is 55.2 Å². The minimum atomic E-state index is -0.757. The molecule has 146 valence electrons. The fourth-order valence-electron chi connectivity index (χ4n) is 3.43. The van der Waals surface area contributed by atoms with Crippen LogP contribution in [0.3, 0.4) is 0 Å². The minimum Gasteiger partial charge on any atom is -0.384 e. The van der Waals surface area contributed by atoms with Crippen molar-refractivity contribution in [2.75, 3.05) is 11.5 Å². The van der Waals surface area contributed by atoms with E-state index in [1.807, 2.05) is 6.92 Å². The van der Waals surface area contributed by atoms with Gasteiger partial charge in [-0.1, -0.05) is 44.4 Å². The normalized spacial score (nSPS) is 14.7. The van der Waals surface area contributed by atoms with Crippen LogP contribution in [0.5, 0.6) is 0 Å². The summed E-state index contributed by atoms with van der Waals surface area (Å²) >= 11 is 1.14. The average molecular weight is 392 g/mol. The summed E-state index contributed by atoms with van der Waals surface area (Å²) < 4.78 is 1.21. The van der Waals surface area contributed by atoms with Crippen LogP contribution in [0, 0.1) is 5.92 Å². The van der Waals surface area contributed by atoms with Gasteiger partial charge in [0.1, 0.15) is 17.2 Å². The number of hydrogen-bond acceptors (Lipinski definition) is 7. The van der Waals surface area contributed by atoms with Crippen LogP contribution in [-0.2, 0) is 13.0 Å². The number of nitrogens with one attached hydrogen (secondary N) is 2. The Morgan fingerprint density at radius 2 is 2.07 bits per heavy atom. The molecule has 2 aromatic rings. The Balaban J connectivity index is 1.67. The van der Waals surface area contributed by atoms with Crippen molar-refractivity contribution >= 4 is 23.4 Å². The van der Waals surface area contributed by atoms with Gasteiger partial charge in [-0.2, -0.15) is 0 Å². The van der Waals surface area contributed by atoms with E-state index in [9.17, 15) is 14.4 Å². The molecule has 0 radical (unpaired) electrons. The van der Waals surface area contributed by atoms with E-state index >= 15 is 0 Å². The standard InChI is InChI=1S/C17H24N6O3S/c1-2-7-23-14(18)13(15(25)20-17(23)26)11(24)9-27-16-19-12(21-22-16)8-10-5-3-4-6-10/h10H,2-9,18H2,1H3,(H,19,21,22)(H,20,25,26). The van der Waals surface area contributed by atoms with Crippen LogP contribution in [0.4, 0.5) is 5.82 Å². The van der Waals surface area contributed by atoms with Gasteiger partial charge in [-0.15, -0.1) is 5.10 Å². The molecule has 0 saturated heterocycles. The molecule has 27 heavy (non-hydrogen) atoms. The van der Waals surface area contributed by atoms with Crippen LogP contribution in [0.2, 0.25) is 0 Å². The third-order valence-electron chi connectivity index (χ3n) is 4.77. The van der Waals surface area contributed by atoms with E-state index in [0.717, 1.165) is 24.0 Å². The number of nitrogens with zero attached hydrogens (tertiary/aromatic N) is 3. The van der Waals surface area contributed by atoms with Crippen molar-refractivity contribution < 1.29 is 4.79 Å². The topological polar surface area (TPSA) is 140 Å². The summed E-state index contributed by atoms with van der Waals surface area (Å²) in [4.78, 5) is 43.0. The Bertz CT molecular complexity index is 925. The molecule has 9 nitrogen and oxygen atoms in total. The molecule has 0 atom stereocenters. The molecule has 0 aromatic carbocycles. The highest BCUT2D eigenvalue weighted by molar-refractivity contribution is 7.99. The van der Waals surface area contributed by atoms with E-state index < -0.39 is 17.0 Å². The molecule has 2 aromatic heterocycles. The molecule has 0 unspecified atom stereocenters. The van der Waals surface area contributed by atoms with E-state index in [1.54, 1.807) is 0 Å². The predicted molar refractivity (Wildman–Crippen MR) is 103 cm³/mol. The van der Waals surface area contributed by atoms with Crippen molar-refractivity contribution in [3.05, 3.63) is 32.2 Å². The summed E-state index contributed by atoms with van der Waals surface area (Å²) in [6.45, 7) is 2.21. The first kappa shape index (κ1) is 19.4. The zero-order valence-electron chi connectivity index (χ0n) is 15.3. The second-order valence-corrected chi connectivity index (χ2v) is 7.74. The van der Waals surface area contributed by atoms with Crippen molar-refractivity contribution in [3.8, 4) is 0 Å². The summed E-state index contributed by atoms with van der Waals surface area (Å²) in [5.74, 6) is 0.901. The second-order valence-electron chi connectivity index (χ2n) is 6.80. The Labute approximate surface area is 160 Å². The SMILES string of the molecule is CCCn1c(N)c(C(=O)CSc2n[nH]c(CC3CCCC3)n2)c(=O)[nH]c1=O. The number of nitrogens with two attached hydrogens (primary N) is 1. The predicted octanol–water partition coefficient (Wildman–Crippen LogP) is 1.35. The Hall–Kier alpha value is -2.36. The summed E-state index contributed by atoms with van der Waals surface area (Å²) in [6.07, 6.45) is 6.50. The summed E-state index contributed by atoms with van der Waals surface area (Å²) in [7, 11) is 0. The van der Waals surface area contributed by atoms with Gasteiger partial charge < -0.3 is 5.73 Å². The van der Waals surface area contributed by atoms with Crippen molar-refractivity contribution in [2.45, 2.75) is 57.1 Å². The maximum absolute atomic E-state index is 12.5. The lowest BCUT2D eigenvalue weighted by molar-refractivity contribution is 0.102. The molecule has 0 aliphatic heterocycles. The van der Waals surface area contributed by atoms with Gasteiger partial charge in [-0.3, -0.25) is 24.2 Å². The van der Waals surface area contributed by atoms with E-state index in [0.29, 0.717) is 24.0 Å². The summed E-state index contributed by atoms with van der Waals surface area (Å²) in [6, 6.07) is 0. The lowest BCUT2D eigenvalue weighted by Gasteiger charge is -2.10. The second kappa shape index (κ2) is 8.55. The van der Waals surface area contributed by atoms with Gasteiger partial charge in [0.05, 0.1) is 5.75 Å². The number of carbonyl (C=O) groups is 1. The highest BCUT2D eigenvalue weighted by Gasteiger charge is 2.21. The van der Waals surface area contributed by atoms with E-state index in [4.69, 9.17) is 5.73 Å². The fourth-order valence-corrected chi connectivity index (χ4v) is 4.12. The number of hydrogen-bond donors (Lipinski definition) is 3. The van der Waals surface area contributed by atoms with Gasteiger partial charge in [0.15, 0.2) is 5.78 Å². The maximum Gasteiger partial charge on any atom is 0.329 e. The number of carbonyl (C=O) groups excluding carboxylic acids is 1. The van der Waals surface area contributed by atoms with Crippen LogP contribution >= 0.6 is 11.8 Å². The average Bonchev–Trinajstić information content (AvgIpc) is 3.29. The zero-order valence-corrected chi connectivity index (χ0v) is 16.1. The number of aromatic nitrogens is 5. The maximum atomic E-state index is 12.5. The minimum absolute atomic E-state index is 0.0294. The van der Waals surface area contributed by atoms with Crippen molar-refractivity contribution in [2.24, 2.45) is 5.92 Å². The van der Waals surface area contributed by atoms with Crippen LogP contribution in [0.25, 0.3) is 0 Å². The number of Topliss-reactive ketones (excluding diaryl/α,β-unsaturated/α-hetero) is 1. The van der Waals surface area contributed by atoms with E-state index in [1.165, 1.54) is 30.3 Å². The molecule has 0 amide bonds. The number of aromatic amines is 2. The quantitative estimate of drug-likeness (QED) is 0.455. The van der Waals surface area contributed by atoms with Gasteiger partial charge in [0.2, 0.25) is 5.16 Å². The molecule has 10 heteroatoms. The van der Waals surface area contributed by atoms with Gasteiger partial charge in [-0.05, 0) is 12.3 Å². The van der Waals surface area contributed by atoms with Crippen LogP contribution < -0.4 is 17.0 Å². The third-order valence-corrected chi connectivity index (χ3v) is 5.61. The zero-order chi connectivity index (χ0) is 19.4. The highest BCUT2D eigenvalue weighted by Crippen LogP contribution is 2.27. The smallest absolute Gasteiger partial charge is 0.329 e. The highest BCUT2D eigenvalue weighted by atomic mass is 32.2. The largest absolute Gasteiger partial charge is 0.384 e. The first-order valence-corrected chi connectivity index (χ1v) is 10.2. The number of H-pyrrole nitrogens is 2. The molecule has 0 bridgehead atoms. The van der Waals surface area contributed by atoms with Crippen LogP contribution in [0.15, 0.2) is 14.7 Å². The number of ketones is 1. The summed E-state index contributed by atoms with van der Waals surface area (Å²) in [5, 5.41) is 7.52. The van der Waals surface area contributed by atoms with Crippen LogP contribution in [-0.4, -0.2) is 36.3 Å². The molecular formula is C17H24N6O3S. The molecule has 3 rings (SSSR count). The number of anilines is 1. The van der Waals surface area contributed by atoms with Crippen molar-refractivity contribution in [1.82, 2.24) is 24.7 Å². The first-order valence-electron chi connectivity index (χ1n) is 9.19. The molecule has 1 fully saturated rings. The van der Waals surface area contributed by atoms with Crippen molar-refractivity contribution in [1.29, 1.82) is 0 Å². The number of thioether (sulfide) groups is 1. The lowest BCUT2D eigenvalue weighted by atomic mass is 10.0. The Morgan fingerprint density at radius 3 is 2.78 bits per heavy atom. The molecule has 4 N–H and O–H groups in total.